The van der Waals surface area contributed by atoms with Gasteiger partial charge in [-0.3, -0.25) is 4.98 Å². The number of aromatic nitrogens is 3. The lowest BCUT2D eigenvalue weighted by atomic mass is 10.1. The Kier molecular flexibility index (Phi) is 4.62. The van der Waals surface area contributed by atoms with Crippen molar-refractivity contribution in [2.45, 2.75) is 32.0 Å². The summed E-state index contributed by atoms with van der Waals surface area (Å²) in [5.41, 5.74) is 6.85. The molecule has 0 bridgehead atoms. The smallest absolute Gasteiger partial charge is 0.222 e. The number of anilines is 2. The number of nitrogens with two attached hydrogens (primary N) is 1. The highest BCUT2D eigenvalue weighted by molar-refractivity contribution is 5.85. The van der Waals surface area contributed by atoms with Crippen LogP contribution >= 0.6 is 0 Å². The van der Waals surface area contributed by atoms with Crippen molar-refractivity contribution in [1.82, 2.24) is 15.0 Å². The van der Waals surface area contributed by atoms with Crippen LogP contribution in [0.2, 0.25) is 0 Å². The summed E-state index contributed by atoms with van der Waals surface area (Å²) in [4.78, 5) is 12.4. The standard InChI is InChI=1S/C13H18FN5O/c1-8(14)4-5-9(7-20)17-12-11-10(3-2-6-16-11)18-13(15)19-12/h2-3,6,8-9,20H,4-5,7H2,1H3,(H3,15,17,18,19). The van der Waals surface area contributed by atoms with E-state index in [1.807, 2.05) is 0 Å². The molecule has 0 saturated heterocycles. The molecule has 6 nitrogen and oxygen atoms in total. The van der Waals surface area contributed by atoms with Gasteiger partial charge in [0.05, 0.1) is 24.3 Å². The van der Waals surface area contributed by atoms with Crippen LogP contribution < -0.4 is 11.1 Å². The van der Waals surface area contributed by atoms with Crippen molar-refractivity contribution in [3.8, 4) is 0 Å². The molecule has 2 atom stereocenters. The van der Waals surface area contributed by atoms with Gasteiger partial charge >= 0.3 is 0 Å². The van der Waals surface area contributed by atoms with Gasteiger partial charge in [0.1, 0.15) is 5.52 Å². The third-order valence-corrected chi connectivity index (χ3v) is 2.95. The molecule has 0 aromatic carbocycles. The van der Waals surface area contributed by atoms with Crippen LogP contribution in [-0.2, 0) is 0 Å². The lowest BCUT2D eigenvalue weighted by Gasteiger charge is -2.18. The number of halogens is 1. The average Bonchev–Trinajstić information content (AvgIpc) is 2.42. The van der Waals surface area contributed by atoms with E-state index >= 15 is 0 Å². The number of aliphatic hydroxyl groups excluding tert-OH is 1. The summed E-state index contributed by atoms with van der Waals surface area (Å²) in [6.07, 6.45) is 1.58. The first-order valence-corrected chi connectivity index (χ1v) is 6.50. The van der Waals surface area contributed by atoms with E-state index in [0.29, 0.717) is 29.7 Å². The highest BCUT2D eigenvalue weighted by Gasteiger charge is 2.14. The average molecular weight is 279 g/mol. The Morgan fingerprint density at radius 2 is 2.20 bits per heavy atom. The zero-order chi connectivity index (χ0) is 14.5. The molecule has 2 aromatic heterocycles. The van der Waals surface area contributed by atoms with E-state index in [1.54, 1.807) is 18.3 Å². The molecule has 0 aliphatic rings. The van der Waals surface area contributed by atoms with Crippen LogP contribution in [0.3, 0.4) is 0 Å². The van der Waals surface area contributed by atoms with E-state index < -0.39 is 6.17 Å². The van der Waals surface area contributed by atoms with Crippen LogP contribution in [0.25, 0.3) is 11.0 Å². The van der Waals surface area contributed by atoms with Crippen molar-refractivity contribution in [3.63, 3.8) is 0 Å². The van der Waals surface area contributed by atoms with Crippen LogP contribution in [0.4, 0.5) is 16.2 Å². The molecule has 108 valence electrons. The molecule has 2 aromatic rings. The minimum atomic E-state index is -0.906. The van der Waals surface area contributed by atoms with Gasteiger partial charge in [-0.25, -0.2) is 9.37 Å². The topological polar surface area (TPSA) is 97.0 Å². The molecule has 0 radical (unpaired) electrons. The highest BCUT2D eigenvalue weighted by Crippen LogP contribution is 2.20. The number of nitrogen functional groups attached to an aromatic ring is 1. The van der Waals surface area contributed by atoms with E-state index in [1.165, 1.54) is 6.92 Å². The highest BCUT2D eigenvalue weighted by atomic mass is 19.1. The third kappa shape index (κ3) is 3.51. The molecule has 0 aliphatic carbocycles. The van der Waals surface area contributed by atoms with E-state index in [2.05, 4.69) is 20.3 Å². The number of alkyl halides is 1. The number of aliphatic hydroxyl groups is 1. The summed E-state index contributed by atoms with van der Waals surface area (Å²) in [5, 5.41) is 12.4. The van der Waals surface area contributed by atoms with Gasteiger partial charge in [0.25, 0.3) is 0 Å². The van der Waals surface area contributed by atoms with E-state index in [-0.39, 0.29) is 18.6 Å². The monoisotopic (exact) mass is 279 g/mol. The summed E-state index contributed by atoms with van der Waals surface area (Å²) < 4.78 is 12.9. The van der Waals surface area contributed by atoms with Gasteiger partial charge in [0, 0.05) is 6.20 Å². The van der Waals surface area contributed by atoms with E-state index in [9.17, 15) is 9.50 Å². The first-order chi connectivity index (χ1) is 9.60. The van der Waals surface area contributed by atoms with Gasteiger partial charge in [-0.1, -0.05) is 0 Å². The zero-order valence-corrected chi connectivity index (χ0v) is 11.3. The molecule has 0 spiro atoms. The minimum absolute atomic E-state index is 0.120. The van der Waals surface area contributed by atoms with Gasteiger partial charge in [-0.05, 0) is 31.9 Å². The second-order valence-electron chi connectivity index (χ2n) is 4.68. The Labute approximate surface area is 116 Å². The predicted molar refractivity (Wildman–Crippen MR) is 76.0 cm³/mol. The van der Waals surface area contributed by atoms with Gasteiger partial charge < -0.3 is 16.2 Å². The number of fused-ring (bicyclic) bond motifs is 1. The summed E-state index contributed by atoms with van der Waals surface area (Å²) in [5.74, 6) is 0.585. The molecule has 0 amide bonds. The Morgan fingerprint density at radius 3 is 2.90 bits per heavy atom. The number of pyridine rings is 1. The molecule has 2 rings (SSSR count). The lowest BCUT2D eigenvalue weighted by Crippen LogP contribution is -2.25. The van der Waals surface area contributed by atoms with Gasteiger partial charge in [0.15, 0.2) is 5.82 Å². The van der Waals surface area contributed by atoms with Crippen molar-refractivity contribution >= 4 is 22.8 Å². The largest absolute Gasteiger partial charge is 0.394 e. The lowest BCUT2D eigenvalue weighted by molar-refractivity contribution is 0.252. The van der Waals surface area contributed by atoms with Crippen molar-refractivity contribution in [3.05, 3.63) is 18.3 Å². The SMILES string of the molecule is CC(F)CCC(CO)Nc1nc(N)nc2cccnc12. The van der Waals surface area contributed by atoms with Gasteiger partial charge in [-0.15, -0.1) is 0 Å². The normalized spacial score (nSPS) is 14.2. The minimum Gasteiger partial charge on any atom is -0.394 e. The predicted octanol–water partition coefficient (Wildman–Crippen LogP) is 1.52. The molecule has 0 saturated carbocycles. The zero-order valence-electron chi connectivity index (χ0n) is 11.3. The summed E-state index contributed by atoms with van der Waals surface area (Å²) in [6, 6.07) is 3.24. The maximum atomic E-state index is 12.9. The van der Waals surface area contributed by atoms with Crippen molar-refractivity contribution < 1.29 is 9.50 Å². The van der Waals surface area contributed by atoms with Crippen LogP contribution in [0.5, 0.6) is 0 Å². The molecule has 20 heavy (non-hydrogen) atoms. The van der Waals surface area contributed by atoms with E-state index in [4.69, 9.17) is 5.73 Å². The second-order valence-corrected chi connectivity index (χ2v) is 4.68. The molecular weight excluding hydrogens is 261 g/mol. The van der Waals surface area contributed by atoms with Crippen LogP contribution in [0.15, 0.2) is 18.3 Å². The number of rotatable bonds is 6. The van der Waals surface area contributed by atoms with Crippen LogP contribution in [0, 0.1) is 0 Å². The Morgan fingerprint density at radius 1 is 1.40 bits per heavy atom. The number of hydrogen-bond acceptors (Lipinski definition) is 6. The van der Waals surface area contributed by atoms with Crippen LogP contribution in [-0.4, -0.2) is 38.9 Å². The third-order valence-electron chi connectivity index (χ3n) is 2.95. The first-order valence-electron chi connectivity index (χ1n) is 6.50. The number of nitrogens with one attached hydrogen (secondary N) is 1. The maximum Gasteiger partial charge on any atom is 0.222 e. The van der Waals surface area contributed by atoms with Gasteiger partial charge in [-0.2, -0.15) is 4.98 Å². The molecule has 2 unspecified atom stereocenters. The molecule has 4 N–H and O–H groups in total. The Balaban J connectivity index is 2.23. The summed E-state index contributed by atoms with van der Waals surface area (Å²) >= 11 is 0. The maximum absolute atomic E-state index is 12.9. The Hall–Kier alpha value is -2.02. The number of nitrogens with zero attached hydrogens (tertiary/aromatic N) is 3. The second kappa shape index (κ2) is 6.42. The fourth-order valence-corrected chi connectivity index (χ4v) is 1.92. The fraction of sp³-hybridized carbons (Fsp3) is 0.462. The molecule has 0 aliphatic heterocycles. The summed E-state index contributed by atoms with van der Waals surface area (Å²) in [6.45, 7) is 1.37. The van der Waals surface area contributed by atoms with Gasteiger partial charge in [0.2, 0.25) is 5.95 Å². The van der Waals surface area contributed by atoms with E-state index in [0.717, 1.165) is 0 Å². The fourth-order valence-electron chi connectivity index (χ4n) is 1.92. The van der Waals surface area contributed by atoms with Crippen molar-refractivity contribution in [2.75, 3.05) is 17.7 Å². The quantitative estimate of drug-likeness (QED) is 0.741. The number of hydrogen-bond donors (Lipinski definition) is 3. The van der Waals surface area contributed by atoms with Crippen LogP contribution in [0.1, 0.15) is 19.8 Å². The molecule has 0 fully saturated rings. The Bertz CT molecular complexity index is 578. The first kappa shape index (κ1) is 14.4. The van der Waals surface area contributed by atoms with Crippen molar-refractivity contribution in [1.29, 1.82) is 0 Å². The molecule has 2 heterocycles. The summed E-state index contributed by atoms with van der Waals surface area (Å²) in [7, 11) is 0. The molecular formula is C13H18FN5O. The molecule has 7 heteroatoms. The van der Waals surface area contributed by atoms with Crippen molar-refractivity contribution in [2.24, 2.45) is 0 Å².